The molecule has 4 heterocycles. The van der Waals surface area contributed by atoms with Crippen molar-refractivity contribution < 1.29 is 14.7 Å². The highest BCUT2D eigenvalue weighted by molar-refractivity contribution is 6.13. The van der Waals surface area contributed by atoms with Crippen LogP contribution < -0.4 is 4.90 Å². The van der Waals surface area contributed by atoms with Gasteiger partial charge >= 0.3 is 0 Å². The van der Waals surface area contributed by atoms with Gasteiger partial charge in [0, 0.05) is 63.3 Å². The van der Waals surface area contributed by atoms with Crippen LogP contribution in [-0.2, 0) is 7.05 Å². The summed E-state index contributed by atoms with van der Waals surface area (Å²) in [6.07, 6.45) is 6.76. The van der Waals surface area contributed by atoms with Gasteiger partial charge in [-0.15, -0.1) is 0 Å². The number of piperazine rings is 1. The summed E-state index contributed by atoms with van der Waals surface area (Å²) >= 11 is 0. The number of hydrogen-bond acceptors (Lipinski definition) is 6. The molecule has 42 heavy (non-hydrogen) atoms. The van der Waals surface area contributed by atoms with E-state index in [1.165, 1.54) is 0 Å². The fourth-order valence-electron chi connectivity index (χ4n) is 6.46. The van der Waals surface area contributed by atoms with E-state index in [4.69, 9.17) is 0 Å². The molecule has 218 valence electrons. The van der Waals surface area contributed by atoms with E-state index >= 15 is 0 Å². The van der Waals surface area contributed by atoms with Crippen molar-refractivity contribution in [2.45, 2.75) is 38.6 Å². The Hall–Kier alpha value is -4.24. The van der Waals surface area contributed by atoms with Crippen LogP contribution >= 0.6 is 0 Å². The zero-order chi connectivity index (χ0) is 29.2. The topological polar surface area (TPSA) is 94.8 Å². The van der Waals surface area contributed by atoms with Crippen LogP contribution in [0.1, 0.15) is 52.1 Å². The summed E-state index contributed by atoms with van der Waals surface area (Å²) in [5.74, 6) is 0.618. The van der Waals surface area contributed by atoms with Gasteiger partial charge in [-0.25, -0.2) is 9.97 Å². The Morgan fingerprint density at radius 1 is 0.929 bits per heavy atom. The van der Waals surface area contributed by atoms with E-state index in [1.54, 1.807) is 12.4 Å². The predicted molar refractivity (Wildman–Crippen MR) is 164 cm³/mol. The lowest BCUT2D eigenvalue weighted by Crippen LogP contribution is -2.49. The number of hydrogen-bond donors (Lipinski definition) is 1. The molecule has 6 rings (SSSR count). The minimum absolute atomic E-state index is 0.0377. The Labute approximate surface area is 246 Å². The highest BCUT2D eigenvalue weighted by Gasteiger charge is 2.30. The monoisotopic (exact) mass is 566 g/mol. The maximum absolute atomic E-state index is 14.1. The lowest BCUT2D eigenvalue weighted by molar-refractivity contribution is 0.0567. The minimum atomic E-state index is -0.123. The van der Waals surface area contributed by atoms with Gasteiger partial charge in [0.1, 0.15) is 11.5 Å². The van der Waals surface area contributed by atoms with Gasteiger partial charge in [0.05, 0.1) is 23.7 Å². The molecule has 0 radical (unpaired) electrons. The number of carbonyl (C=O) groups excluding carboxylic acids is 2. The molecule has 2 fully saturated rings. The maximum atomic E-state index is 14.1. The summed E-state index contributed by atoms with van der Waals surface area (Å²) in [7, 11) is 2.03. The lowest BCUT2D eigenvalue weighted by atomic mass is 9.99. The van der Waals surface area contributed by atoms with Crippen LogP contribution in [0, 0.1) is 6.92 Å². The third-order valence-corrected chi connectivity index (χ3v) is 8.71. The van der Waals surface area contributed by atoms with Crippen LogP contribution in [-0.4, -0.2) is 86.6 Å². The molecule has 1 atom stereocenters. The quantitative estimate of drug-likeness (QED) is 0.374. The number of aliphatic hydroxyl groups excluding tert-OH is 1. The van der Waals surface area contributed by atoms with E-state index in [-0.39, 0.29) is 24.5 Å². The molecule has 9 heteroatoms. The van der Waals surface area contributed by atoms with Gasteiger partial charge < -0.3 is 24.4 Å². The molecular formula is C33H38N6O3. The number of aliphatic hydroxyl groups is 1. The van der Waals surface area contributed by atoms with Gasteiger partial charge in [-0.2, -0.15) is 0 Å². The molecule has 0 aliphatic carbocycles. The number of fused-ring (bicyclic) bond motifs is 1. The Balaban J connectivity index is 1.18. The molecular weight excluding hydrogens is 528 g/mol. The molecule has 9 nitrogen and oxygen atoms in total. The summed E-state index contributed by atoms with van der Waals surface area (Å²) in [6.45, 7) is 5.20. The Morgan fingerprint density at radius 2 is 1.71 bits per heavy atom. The average Bonchev–Trinajstić information content (AvgIpc) is 3.32. The number of likely N-dealkylation sites (tertiary alicyclic amines) is 1. The summed E-state index contributed by atoms with van der Waals surface area (Å²) < 4.78 is 2.13. The van der Waals surface area contributed by atoms with E-state index in [9.17, 15) is 14.7 Å². The molecule has 2 aromatic carbocycles. The second kappa shape index (κ2) is 11.9. The summed E-state index contributed by atoms with van der Waals surface area (Å²) in [4.78, 5) is 42.2. The molecule has 1 unspecified atom stereocenters. The summed E-state index contributed by atoms with van der Waals surface area (Å²) in [5, 5.41) is 10.4. The van der Waals surface area contributed by atoms with Crippen molar-refractivity contribution in [2.75, 3.05) is 44.2 Å². The van der Waals surface area contributed by atoms with E-state index in [2.05, 4.69) is 56.7 Å². The maximum Gasteiger partial charge on any atom is 0.274 e. The SMILES string of the molecule is Cc1ccc2c(c1)c(C(=O)N1CCN(c3cnc(C(=O)N4CCCCC4CCO)cn3)CC1)c(-c1ccccc1)n2C. The second-order valence-electron chi connectivity index (χ2n) is 11.4. The van der Waals surface area contributed by atoms with Gasteiger partial charge in [-0.05, 0) is 50.3 Å². The number of rotatable bonds is 6. The molecule has 4 aromatic rings. The van der Waals surface area contributed by atoms with Crippen LogP contribution in [0.15, 0.2) is 60.9 Å². The normalized spacial score (nSPS) is 17.6. The molecule has 1 N–H and O–H groups in total. The summed E-state index contributed by atoms with van der Waals surface area (Å²) in [6, 6.07) is 16.5. The third-order valence-electron chi connectivity index (χ3n) is 8.71. The van der Waals surface area contributed by atoms with Crippen molar-refractivity contribution in [3.63, 3.8) is 0 Å². The molecule has 2 amide bonds. The molecule has 2 aliphatic heterocycles. The van der Waals surface area contributed by atoms with Crippen LogP contribution in [0.5, 0.6) is 0 Å². The molecule has 0 bridgehead atoms. The number of aryl methyl sites for hydroxylation is 2. The van der Waals surface area contributed by atoms with E-state index < -0.39 is 0 Å². The Bertz CT molecular complexity index is 1570. The van der Waals surface area contributed by atoms with Gasteiger partial charge in [-0.1, -0.05) is 42.0 Å². The molecule has 2 aliphatic rings. The minimum Gasteiger partial charge on any atom is -0.396 e. The lowest BCUT2D eigenvalue weighted by Gasteiger charge is -2.36. The van der Waals surface area contributed by atoms with Crippen molar-refractivity contribution in [1.82, 2.24) is 24.3 Å². The first kappa shape index (κ1) is 27.9. The van der Waals surface area contributed by atoms with E-state index in [0.29, 0.717) is 50.7 Å². The van der Waals surface area contributed by atoms with E-state index in [1.807, 2.05) is 35.0 Å². The van der Waals surface area contributed by atoms with Crippen molar-refractivity contribution in [1.29, 1.82) is 0 Å². The standard InChI is InChI=1S/C33H38N6O3/c1-23-11-12-28-26(20-23)30(31(36(28)2)24-8-4-3-5-9-24)33(42)38-17-15-37(16-18-38)29-22-34-27(21-35-29)32(41)39-14-7-6-10-25(39)13-19-40/h3-5,8-9,11-12,20-22,25,40H,6-7,10,13-19H2,1-2H3. The van der Waals surface area contributed by atoms with Gasteiger partial charge in [-0.3, -0.25) is 9.59 Å². The third kappa shape index (κ3) is 5.25. The van der Waals surface area contributed by atoms with Crippen molar-refractivity contribution in [3.8, 4) is 11.3 Å². The van der Waals surface area contributed by atoms with Crippen LogP contribution in [0.2, 0.25) is 0 Å². The van der Waals surface area contributed by atoms with E-state index in [0.717, 1.165) is 52.5 Å². The largest absolute Gasteiger partial charge is 0.396 e. The number of nitrogens with zero attached hydrogens (tertiary/aromatic N) is 6. The van der Waals surface area contributed by atoms with Crippen molar-refractivity contribution in [2.24, 2.45) is 7.05 Å². The highest BCUT2D eigenvalue weighted by Crippen LogP contribution is 2.35. The number of aromatic nitrogens is 3. The zero-order valence-corrected chi connectivity index (χ0v) is 24.4. The van der Waals surface area contributed by atoms with Crippen molar-refractivity contribution in [3.05, 3.63) is 77.7 Å². The predicted octanol–water partition coefficient (Wildman–Crippen LogP) is 4.28. The van der Waals surface area contributed by atoms with Gasteiger partial charge in [0.2, 0.25) is 0 Å². The fourth-order valence-corrected chi connectivity index (χ4v) is 6.46. The van der Waals surface area contributed by atoms with Crippen LogP contribution in [0.25, 0.3) is 22.2 Å². The number of amides is 2. The van der Waals surface area contributed by atoms with Crippen molar-refractivity contribution >= 4 is 28.5 Å². The number of benzene rings is 2. The zero-order valence-electron chi connectivity index (χ0n) is 24.4. The molecule has 0 saturated carbocycles. The first-order valence-corrected chi connectivity index (χ1v) is 14.9. The summed E-state index contributed by atoms with van der Waals surface area (Å²) in [5.41, 5.74) is 5.19. The molecule has 2 saturated heterocycles. The first-order chi connectivity index (χ1) is 20.5. The average molecular weight is 567 g/mol. The molecule has 2 aromatic heterocycles. The fraction of sp³-hybridized carbons (Fsp3) is 0.394. The second-order valence-corrected chi connectivity index (χ2v) is 11.4. The van der Waals surface area contributed by atoms with Crippen LogP contribution in [0.4, 0.5) is 5.82 Å². The Kier molecular flexibility index (Phi) is 7.93. The number of anilines is 1. The first-order valence-electron chi connectivity index (χ1n) is 14.9. The molecule has 0 spiro atoms. The van der Waals surface area contributed by atoms with Gasteiger partial charge in [0.25, 0.3) is 11.8 Å². The Morgan fingerprint density at radius 3 is 2.43 bits per heavy atom. The number of piperidine rings is 1. The highest BCUT2D eigenvalue weighted by atomic mass is 16.3. The van der Waals surface area contributed by atoms with Gasteiger partial charge in [0.15, 0.2) is 0 Å². The smallest absolute Gasteiger partial charge is 0.274 e. The van der Waals surface area contributed by atoms with Crippen LogP contribution in [0.3, 0.4) is 0 Å². The number of carbonyl (C=O) groups is 2.